The molecule has 0 fully saturated rings. The molecule has 0 saturated heterocycles. The van der Waals surface area contributed by atoms with Crippen molar-refractivity contribution in [2.45, 2.75) is 20.8 Å². The minimum Gasteiger partial charge on any atom is -0.309 e. The Kier molecular flexibility index (Phi) is 3.06. The fourth-order valence-corrected chi connectivity index (χ4v) is 0.787. The number of anilines is 1. The Morgan fingerprint density at radius 2 is 2.00 bits per heavy atom. The van der Waals surface area contributed by atoms with E-state index >= 15 is 0 Å². The molecular weight excluding hydrogens is 202 g/mol. The highest BCUT2D eigenvalue weighted by molar-refractivity contribution is 6.29. The smallest absolute Gasteiger partial charge is 0.230 e. The number of amides is 1. The summed E-state index contributed by atoms with van der Waals surface area (Å²) < 4.78 is 0. The third-order valence-corrected chi connectivity index (χ3v) is 1.76. The lowest BCUT2D eigenvalue weighted by molar-refractivity contribution is -0.123. The highest BCUT2D eigenvalue weighted by atomic mass is 35.5. The summed E-state index contributed by atoms with van der Waals surface area (Å²) in [7, 11) is 0. The van der Waals surface area contributed by atoms with Crippen LogP contribution in [0.2, 0.25) is 5.15 Å². The molecule has 0 saturated carbocycles. The second-order valence-electron chi connectivity index (χ2n) is 3.95. The lowest BCUT2D eigenvalue weighted by atomic mass is 9.96. The van der Waals surface area contributed by atoms with Gasteiger partial charge in [-0.05, 0) is 12.1 Å². The van der Waals surface area contributed by atoms with E-state index in [9.17, 15) is 4.79 Å². The second kappa shape index (κ2) is 3.92. The maximum atomic E-state index is 11.5. The number of halogens is 1. The Morgan fingerprint density at radius 3 is 2.43 bits per heavy atom. The van der Waals surface area contributed by atoms with Crippen molar-refractivity contribution < 1.29 is 4.79 Å². The van der Waals surface area contributed by atoms with Crippen LogP contribution in [0.25, 0.3) is 0 Å². The Morgan fingerprint density at radius 1 is 1.36 bits per heavy atom. The summed E-state index contributed by atoms with van der Waals surface area (Å²) in [6.45, 7) is 5.48. The Labute approximate surface area is 87.7 Å². The lowest BCUT2D eigenvalue weighted by Crippen LogP contribution is -2.28. The Balaban J connectivity index is 2.71. The quantitative estimate of drug-likeness (QED) is 0.778. The number of hydrogen-bond acceptors (Lipinski definition) is 3. The summed E-state index contributed by atoms with van der Waals surface area (Å²) in [5, 5.41) is 10.3. The SMILES string of the molecule is CC(C)(C)C(=O)Nc1ccc(Cl)nn1. The van der Waals surface area contributed by atoms with Crippen molar-refractivity contribution in [3.8, 4) is 0 Å². The zero-order valence-corrected chi connectivity index (χ0v) is 9.09. The van der Waals surface area contributed by atoms with Gasteiger partial charge >= 0.3 is 0 Å². The third-order valence-electron chi connectivity index (χ3n) is 1.55. The van der Waals surface area contributed by atoms with Crippen molar-refractivity contribution in [3.05, 3.63) is 17.3 Å². The Bertz CT molecular complexity index is 329. The van der Waals surface area contributed by atoms with Gasteiger partial charge in [-0.2, -0.15) is 0 Å². The molecule has 0 aliphatic heterocycles. The van der Waals surface area contributed by atoms with Crippen LogP contribution in [-0.4, -0.2) is 16.1 Å². The van der Waals surface area contributed by atoms with Crippen LogP contribution in [0, 0.1) is 5.41 Å². The van der Waals surface area contributed by atoms with Crippen LogP contribution in [0.5, 0.6) is 0 Å². The summed E-state index contributed by atoms with van der Waals surface area (Å²) in [5.41, 5.74) is -0.443. The first-order valence-electron chi connectivity index (χ1n) is 4.20. The van der Waals surface area contributed by atoms with Gasteiger partial charge in [0.2, 0.25) is 5.91 Å². The van der Waals surface area contributed by atoms with Crippen molar-refractivity contribution in [1.29, 1.82) is 0 Å². The molecule has 1 amide bonds. The van der Waals surface area contributed by atoms with Crippen LogP contribution in [0.1, 0.15) is 20.8 Å². The lowest BCUT2D eigenvalue weighted by Gasteiger charge is -2.16. The average molecular weight is 214 g/mol. The number of carbonyl (C=O) groups is 1. The van der Waals surface area contributed by atoms with Crippen molar-refractivity contribution in [3.63, 3.8) is 0 Å². The minimum absolute atomic E-state index is 0.103. The molecule has 1 aromatic rings. The molecular formula is C9H12ClN3O. The molecule has 1 heterocycles. The molecule has 14 heavy (non-hydrogen) atoms. The largest absolute Gasteiger partial charge is 0.309 e. The minimum atomic E-state index is -0.443. The normalized spacial score (nSPS) is 11.1. The Hall–Kier alpha value is -1.16. The van der Waals surface area contributed by atoms with Crippen LogP contribution in [0.4, 0.5) is 5.82 Å². The molecule has 0 spiro atoms. The van der Waals surface area contributed by atoms with Gasteiger partial charge in [-0.1, -0.05) is 32.4 Å². The third kappa shape index (κ3) is 2.96. The number of carbonyl (C=O) groups excluding carboxylic acids is 1. The molecule has 0 radical (unpaired) electrons. The number of rotatable bonds is 1. The highest BCUT2D eigenvalue weighted by Gasteiger charge is 2.21. The number of hydrogen-bond donors (Lipinski definition) is 1. The van der Waals surface area contributed by atoms with Gasteiger partial charge in [-0.3, -0.25) is 4.79 Å². The second-order valence-corrected chi connectivity index (χ2v) is 4.33. The van der Waals surface area contributed by atoms with Crippen LogP contribution in [-0.2, 0) is 4.79 Å². The van der Waals surface area contributed by atoms with E-state index in [0.717, 1.165) is 0 Å². The first-order valence-corrected chi connectivity index (χ1v) is 4.58. The zero-order valence-electron chi connectivity index (χ0n) is 8.34. The molecule has 1 aromatic heterocycles. The van der Waals surface area contributed by atoms with Crippen molar-refractivity contribution in [2.24, 2.45) is 5.41 Å². The molecule has 5 heteroatoms. The van der Waals surface area contributed by atoms with Gasteiger partial charge in [0.15, 0.2) is 11.0 Å². The predicted molar refractivity (Wildman–Crippen MR) is 55.1 cm³/mol. The molecule has 76 valence electrons. The molecule has 1 N–H and O–H groups in total. The van der Waals surface area contributed by atoms with Crippen molar-refractivity contribution in [1.82, 2.24) is 10.2 Å². The van der Waals surface area contributed by atoms with Gasteiger partial charge in [0.25, 0.3) is 0 Å². The summed E-state index contributed by atoms with van der Waals surface area (Å²) in [4.78, 5) is 11.5. The molecule has 0 aliphatic rings. The molecule has 4 nitrogen and oxygen atoms in total. The standard InChI is InChI=1S/C9H12ClN3O/c1-9(2,3)8(14)11-7-5-4-6(10)12-13-7/h4-5H,1-3H3,(H,11,13,14). The first-order chi connectivity index (χ1) is 6.39. The molecule has 1 rings (SSSR count). The van der Waals surface area contributed by atoms with Gasteiger partial charge in [0, 0.05) is 5.41 Å². The maximum Gasteiger partial charge on any atom is 0.230 e. The summed E-state index contributed by atoms with van der Waals surface area (Å²) in [6.07, 6.45) is 0. The van der Waals surface area contributed by atoms with Gasteiger partial charge < -0.3 is 5.32 Å². The van der Waals surface area contributed by atoms with Gasteiger partial charge in [-0.25, -0.2) is 0 Å². The number of nitrogens with zero attached hydrogens (tertiary/aromatic N) is 2. The van der Waals surface area contributed by atoms with E-state index in [0.29, 0.717) is 11.0 Å². The average Bonchev–Trinajstić information content (AvgIpc) is 2.07. The molecule has 0 aromatic carbocycles. The van der Waals surface area contributed by atoms with E-state index in [1.54, 1.807) is 12.1 Å². The molecule has 0 bridgehead atoms. The first kappa shape index (κ1) is 10.9. The van der Waals surface area contributed by atoms with Crippen molar-refractivity contribution in [2.75, 3.05) is 5.32 Å². The van der Waals surface area contributed by atoms with Gasteiger partial charge in [0.1, 0.15) is 0 Å². The van der Waals surface area contributed by atoms with Crippen molar-refractivity contribution >= 4 is 23.3 Å². The fraction of sp³-hybridized carbons (Fsp3) is 0.444. The molecule has 0 atom stereocenters. The van der Waals surface area contributed by atoms with E-state index in [-0.39, 0.29) is 5.91 Å². The van der Waals surface area contributed by atoms with Gasteiger partial charge in [-0.15, -0.1) is 10.2 Å². The monoisotopic (exact) mass is 213 g/mol. The zero-order chi connectivity index (χ0) is 10.8. The van der Waals surface area contributed by atoms with Crippen LogP contribution < -0.4 is 5.32 Å². The summed E-state index contributed by atoms with van der Waals surface area (Å²) >= 11 is 5.55. The van der Waals surface area contributed by atoms with E-state index in [1.165, 1.54) is 0 Å². The maximum absolute atomic E-state index is 11.5. The highest BCUT2D eigenvalue weighted by Crippen LogP contribution is 2.16. The summed E-state index contributed by atoms with van der Waals surface area (Å²) in [6, 6.07) is 3.19. The van der Waals surface area contributed by atoms with Gasteiger partial charge in [0.05, 0.1) is 0 Å². The van der Waals surface area contributed by atoms with Crippen LogP contribution in [0.3, 0.4) is 0 Å². The van der Waals surface area contributed by atoms with E-state index in [1.807, 2.05) is 20.8 Å². The van der Waals surface area contributed by atoms with Crippen LogP contribution in [0.15, 0.2) is 12.1 Å². The van der Waals surface area contributed by atoms with E-state index in [4.69, 9.17) is 11.6 Å². The summed E-state index contributed by atoms with van der Waals surface area (Å²) in [5.74, 6) is 0.309. The van der Waals surface area contributed by atoms with E-state index < -0.39 is 5.41 Å². The van der Waals surface area contributed by atoms with Crippen LogP contribution >= 0.6 is 11.6 Å². The number of aromatic nitrogens is 2. The number of nitrogens with one attached hydrogen (secondary N) is 1. The van der Waals surface area contributed by atoms with E-state index in [2.05, 4.69) is 15.5 Å². The topological polar surface area (TPSA) is 54.9 Å². The fourth-order valence-electron chi connectivity index (χ4n) is 0.686. The molecule has 0 unspecified atom stereocenters. The molecule has 0 aliphatic carbocycles. The predicted octanol–water partition coefficient (Wildman–Crippen LogP) is 2.11.